The van der Waals surface area contributed by atoms with Crippen molar-refractivity contribution in [1.29, 1.82) is 0 Å². The van der Waals surface area contributed by atoms with Gasteiger partial charge in [-0.1, -0.05) is 20.8 Å². The summed E-state index contributed by atoms with van der Waals surface area (Å²) in [5.74, 6) is 0. The van der Waals surface area contributed by atoms with E-state index in [0.29, 0.717) is 5.41 Å². The van der Waals surface area contributed by atoms with E-state index in [1.165, 1.54) is 19.5 Å². The van der Waals surface area contributed by atoms with Crippen molar-refractivity contribution in [2.45, 2.75) is 27.2 Å². The zero-order chi connectivity index (χ0) is 13.5. The molecule has 0 amide bonds. The summed E-state index contributed by atoms with van der Waals surface area (Å²) in [6.45, 7) is 12.7. The average molecular weight is 243 g/mol. The largest absolute Gasteiger partial charge is 0.308 e. The Morgan fingerprint density at radius 2 is 1.06 bits per heavy atom. The van der Waals surface area contributed by atoms with Crippen LogP contribution in [0.25, 0.3) is 0 Å². The smallest absolute Gasteiger partial charge is 0.0107 e. The first-order valence-corrected chi connectivity index (χ1v) is 6.72. The van der Waals surface area contributed by atoms with E-state index in [4.69, 9.17) is 0 Å². The summed E-state index contributed by atoms with van der Waals surface area (Å²) >= 11 is 0. The van der Waals surface area contributed by atoms with Crippen molar-refractivity contribution in [3.63, 3.8) is 0 Å². The van der Waals surface area contributed by atoms with E-state index in [1.807, 2.05) is 0 Å². The van der Waals surface area contributed by atoms with Crippen LogP contribution in [0.3, 0.4) is 0 Å². The molecule has 0 aliphatic rings. The molecule has 0 heterocycles. The molecular weight excluding hydrogens is 210 g/mol. The second-order valence-corrected chi connectivity index (χ2v) is 6.72. The van der Waals surface area contributed by atoms with Crippen LogP contribution in [0.4, 0.5) is 0 Å². The molecule has 104 valence electrons. The Labute approximate surface area is 109 Å². The van der Waals surface area contributed by atoms with Crippen molar-refractivity contribution in [1.82, 2.24) is 14.7 Å². The highest BCUT2D eigenvalue weighted by molar-refractivity contribution is 4.65. The van der Waals surface area contributed by atoms with Crippen LogP contribution in [0, 0.1) is 5.41 Å². The molecule has 0 aromatic heterocycles. The Hall–Kier alpha value is -0.120. The highest BCUT2D eigenvalue weighted by Gasteiger charge is 2.11. The van der Waals surface area contributed by atoms with E-state index in [-0.39, 0.29) is 0 Å². The molecule has 0 rings (SSSR count). The third-order valence-electron chi connectivity index (χ3n) is 3.04. The van der Waals surface area contributed by atoms with Gasteiger partial charge in [-0.3, -0.25) is 0 Å². The minimum absolute atomic E-state index is 0.449. The Bertz CT molecular complexity index is 184. The van der Waals surface area contributed by atoms with E-state index in [2.05, 4.69) is 63.7 Å². The Morgan fingerprint density at radius 3 is 1.47 bits per heavy atom. The second-order valence-electron chi connectivity index (χ2n) is 6.72. The maximum Gasteiger partial charge on any atom is 0.0107 e. The van der Waals surface area contributed by atoms with Crippen LogP contribution >= 0.6 is 0 Å². The molecule has 17 heavy (non-hydrogen) atoms. The van der Waals surface area contributed by atoms with Gasteiger partial charge in [0.1, 0.15) is 0 Å². The van der Waals surface area contributed by atoms with Gasteiger partial charge in [0.05, 0.1) is 0 Å². The standard InChI is InChI=1S/C14H33N3/c1-14(2,3)8-9-16(6)12-13-17(7)11-10-15(4)5/h8-13H2,1-7H3. The molecule has 0 unspecified atom stereocenters. The van der Waals surface area contributed by atoms with Gasteiger partial charge < -0.3 is 14.7 Å². The van der Waals surface area contributed by atoms with Gasteiger partial charge in [-0.25, -0.2) is 0 Å². The maximum atomic E-state index is 2.44. The first-order chi connectivity index (χ1) is 7.70. The van der Waals surface area contributed by atoms with E-state index in [1.54, 1.807) is 0 Å². The minimum atomic E-state index is 0.449. The SMILES string of the molecule is CN(C)CCN(C)CCN(C)CCC(C)(C)C. The van der Waals surface area contributed by atoms with Gasteiger partial charge in [0.15, 0.2) is 0 Å². The van der Waals surface area contributed by atoms with Crippen molar-refractivity contribution in [3.8, 4) is 0 Å². The highest BCUT2D eigenvalue weighted by Crippen LogP contribution is 2.18. The molecule has 0 aromatic rings. The van der Waals surface area contributed by atoms with Crippen molar-refractivity contribution in [2.24, 2.45) is 5.41 Å². The highest BCUT2D eigenvalue weighted by atomic mass is 15.2. The van der Waals surface area contributed by atoms with Crippen molar-refractivity contribution in [2.75, 3.05) is 60.9 Å². The average Bonchev–Trinajstić information content (AvgIpc) is 2.19. The summed E-state index contributed by atoms with van der Waals surface area (Å²) in [6, 6.07) is 0. The number of hydrogen-bond donors (Lipinski definition) is 0. The molecule has 0 atom stereocenters. The lowest BCUT2D eigenvalue weighted by molar-refractivity contribution is 0.218. The molecule has 3 heteroatoms. The summed E-state index contributed by atoms with van der Waals surface area (Å²) in [4.78, 5) is 7.09. The van der Waals surface area contributed by atoms with Crippen molar-refractivity contribution in [3.05, 3.63) is 0 Å². The normalized spacial score (nSPS) is 13.1. The molecule has 0 bridgehead atoms. The van der Waals surface area contributed by atoms with Gasteiger partial charge in [-0.05, 0) is 46.6 Å². The second kappa shape index (κ2) is 8.06. The molecule has 0 radical (unpaired) electrons. The topological polar surface area (TPSA) is 9.72 Å². The van der Waals surface area contributed by atoms with Crippen LogP contribution < -0.4 is 0 Å². The predicted octanol–water partition coefficient (Wildman–Crippen LogP) is 1.85. The minimum Gasteiger partial charge on any atom is -0.308 e. The van der Waals surface area contributed by atoms with Gasteiger partial charge in [0.2, 0.25) is 0 Å². The monoisotopic (exact) mass is 243 g/mol. The van der Waals surface area contributed by atoms with Gasteiger partial charge in [-0.15, -0.1) is 0 Å². The molecule has 3 nitrogen and oxygen atoms in total. The number of hydrogen-bond acceptors (Lipinski definition) is 3. The van der Waals surface area contributed by atoms with Gasteiger partial charge >= 0.3 is 0 Å². The summed E-state index contributed by atoms with van der Waals surface area (Å²) in [5, 5.41) is 0. The first-order valence-electron chi connectivity index (χ1n) is 6.72. The summed E-state index contributed by atoms with van der Waals surface area (Å²) in [6.07, 6.45) is 1.27. The van der Waals surface area contributed by atoms with Crippen LogP contribution in [0.2, 0.25) is 0 Å². The molecule has 0 fully saturated rings. The lowest BCUT2D eigenvalue weighted by atomic mass is 9.92. The maximum absolute atomic E-state index is 2.44. The van der Waals surface area contributed by atoms with E-state index >= 15 is 0 Å². The van der Waals surface area contributed by atoms with Gasteiger partial charge in [-0.2, -0.15) is 0 Å². The summed E-state index contributed by atoms with van der Waals surface area (Å²) in [5.41, 5.74) is 0.449. The molecule has 0 saturated heterocycles. The quantitative estimate of drug-likeness (QED) is 0.644. The zero-order valence-corrected chi connectivity index (χ0v) is 13.1. The van der Waals surface area contributed by atoms with E-state index in [0.717, 1.165) is 19.6 Å². The lowest BCUT2D eigenvalue weighted by Gasteiger charge is -2.26. The Balaban J connectivity index is 3.58. The van der Waals surface area contributed by atoms with Crippen LogP contribution in [-0.2, 0) is 0 Å². The fourth-order valence-corrected chi connectivity index (χ4v) is 1.46. The van der Waals surface area contributed by atoms with Gasteiger partial charge in [0, 0.05) is 26.2 Å². The van der Waals surface area contributed by atoms with Crippen LogP contribution in [0.1, 0.15) is 27.2 Å². The van der Waals surface area contributed by atoms with E-state index < -0.39 is 0 Å². The molecule has 0 N–H and O–H groups in total. The first kappa shape index (κ1) is 16.9. The van der Waals surface area contributed by atoms with Crippen LogP contribution in [0.5, 0.6) is 0 Å². The molecule has 0 saturated carbocycles. The lowest BCUT2D eigenvalue weighted by Crippen LogP contribution is -2.35. The summed E-state index contributed by atoms with van der Waals surface area (Å²) < 4.78 is 0. The fourth-order valence-electron chi connectivity index (χ4n) is 1.46. The number of likely N-dealkylation sites (N-methyl/N-ethyl adjacent to an activating group) is 3. The Morgan fingerprint density at radius 1 is 0.647 bits per heavy atom. The van der Waals surface area contributed by atoms with Crippen molar-refractivity contribution >= 4 is 0 Å². The van der Waals surface area contributed by atoms with E-state index in [9.17, 15) is 0 Å². The van der Waals surface area contributed by atoms with Crippen LogP contribution in [-0.4, -0.2) is 75.6 Å². The third kappa shape index (κ3) is 12.1. The van der Waals surface area contributed by atoms with Crippen LogP contribution in [0.15, 0.2) is 0 Å². The van der Waals surface area contributed by atoms with Crippen molar-refractivity contribution < 1.29 is 0 Å². The van der Waals surface area contributed by atoms with Gasteiger partial charge in [0.25, 0.3) is 0 Å². The molecule has 0 spiro atoms. The fraction of sp³-hybridized carbons (Fsp3) is 1.00. The number of rotatable bonds is 8. The zero-order valence-electron chi connectivity index (χ0n) is 13.1. The molecule has 0 aliphatic heterocycles. The molecule has 0 aliphatic carbocycles. The number of nitrogens with zero attached hydrogens (tertiary/aromatic N) is 3. The summed E-state index contributed by atoms with van der Waals surface area (Å²) in [7, 11) is 8.69. The molecular formula is C14H33N3. The Kier molecular flexibility index (Phi) is 8.01. The predicted molar refractivity (Wildman–Crippen MR) is 77.6 cm³/mol. The third-order valence-corrected chi connectivity index (χ3v) is 3.04. The molecule has 0 aromatic carbocycles.